The number of nitrogens with two attached hydrogens (primary N) is 1. The Morgan fingerprint density at radius 2 is 2.00 bits per heavy atom. The van der Waals surface area contributed by atoms with Gasteiger partial charge in [0.05, 0.1) is 12.6 Å². The van der Waals surface area contributed by atoms with Crippen LogP contribution in [0.3, 0.4) is 0 Å². The summed E-state index contributed by atoms with van der Waals surface area (Å²) in [6, 6.07) is 8.01. The molecule has 0 spiro atoms. The monoisotopic (exact) mass is 273 g/mol. The molecule has 1 fully saturated rings. The molecule has 20 heavy (non-hydrogen) atoms. The SMILES string of the molecule is COc1ccc(CCc2nc(C3(N)CCC3)no2)cc1. The third kappa shape index (κ3) is 2.54. The molecule has 1 saturated carbocycles. The van der Waals surface area contributed by atoms with Gasteiger partial charge in [0.25, 0.3) is 0 Å². The summed E-state index contributed by atoms with van der Waals surface area (Å²) < 4.78 is 10.4. The molecule has 0 radical (unpaired) electrons. The van der Waals surface area contributed by atoms with Gasteiger partial charge in [-0.1, -0.05) is 17.3 Å². The van der Waals surface area contributed by atoms with E-state index in [9.17, 15) is 0 Å². The molecule has 3 rings (SSSR count). The highest BCUT2D eigenvalue weighted by Gasteiger charge is 2.38. The fourth-order valence-corrected chi connectivity index (χ4v) is 2.38. The standard InChI is InChI=1S/C15H19N3O2/c1-19-12-6-3-11(4-7-12)5-8-13-17-14(18-20-13)15(16)9-2-10-15/h3-4,6-7H,2,5,8-10,16H2,1H3. The van der Waals surface area contributed by atoms with Crippen LogP contribution in [0.4, 0.5) is 0 Å². The smallest absolute Gasteiger partial charge is 0.227 e. The number of rotatable bonds is 5. The number of nitrogens with zero attached hydrogens (tertiary/aromatic N) is 2. The highest BCUT2D eigenvalue weighted by Crippen LogP contribution is 2.36. The zero-order valence-electron chi connectivity index (χ0n) is 11.6. The maximum Gasteiger partial charge on any atom is 0.227 e. The zero-order valence-corrected chi connectivity index (χ0v) is 11.6. The fraction of sp³-hybridized carbons (Fsp3) is 0.467. The van der Waals surface area contributed by atoms with Gasteiger partial charge in [0.1, 0.15) is 5.75 Å². The molecule has 0 amide bonds. The van der Waals surface area contributed by atoms with E-state index in [1.165, 1.54) is 5.56 Å². The maximum atomic E-state index is 6.18. The Kier molecular flexibility index (Phi) is 3.44. The molecule has 0 unspecified atom stereocenters. The van der Waals surface area contributed by atoms with Crippen molar-refractivity contribution in [1.82, 2.24) is 10.1 Å². The lowest BCUT2D eigenvalue weighted by atomic mass is 9.77. The van der Waals surface area contributed by atoms with E-state index in [2.05, 4.69) is 10.1 Å². The van der Waals surface area contributed by atoms with Gasteiger partial charge in [-0.2, -0.15) is 4.98 Å². The number of aryl methyl sites for hydroxylation is 2. The molecule has 5 heteroatoms. The molecule has 0 bridgehead atoms. The molecular weight excluding hydrogens is 254 g/mol. The maximum absolute atomic E-state index is 6.18. The quantitative estimate of drug-likeness (QED) is 0.904. The van der Waals surface area contributed by atoms with Gasteiger partial charge in [-0.05, 0) is 43.4 Å². The summed E-state index contributed by atoms with van der Waals surface area (Å²) >= 11 is 0. The van der Waals surface area contributed by atoms with E-state index in [-0.39, 0.29) is 5.54 Å². The molecule has 1 aromatic carbocycles. The molecule has 1 aromatic heterocycles. The summed E-state index contributed by atoms with van der Waals surface area (Å²) in [4.78, 5) is 4.43. The van der Waals surface area contributed by atoms with E-state index in [1.807, 2.05) is 24.3 Å². The van der Waals surface area contributed by atoms with Crippen LogP contribution in [0.25, 0.3) is 0 Å². The minimum Gasteiger partial charge on any atom is -0.497 e. The average molecular weight is 273 g/mol. The minimum atomic E-state index is -0.345. The van der Waals surface area contributed by atoms with Crippen molar-refractivity contribution in [2.24, 2.45) is 5.73 Å². The van der Waals surface area contributed by atoms with Crippen molar-refractivity contribution in [1.29, 1.82) is 0 Å². The molecule has 2 aromatic rings. The van der Waals surface area contributed by atoms with Crippen LogP contribution in [-0.4, -0.2) is 17.3 Å². The van der Waals surface area contributed by atoms with Crippen LogP contribution in [0, 0.1) is 0 Å². The first kappa shape index (κ1) is 13.1. The van der Waals surface area contributed by atoms with Crippen LogP contribution in [0.2, 0.25) is 0 Å². The second-order valence-electron chi connectivity index (χ2n) is 5.37. The molecule has 0 aliphatic heterocycles. The van der Waals surface area contributed by atoms with Crippen molar-refractivity contribution in [3.8, 4) is 5.75 Å². The summed E-state index contributed by atoms with van der Waals surface area (Å²) in [6.07, 6.45) is 4.64. The van der Waals surface area contributed by atoms with Gasteiger partial charge in [-0.3, -0.25) is 0 Å². The predicted molar refractivity (Wildman–Crippen MR) is 74.4 cm³/mol. The molecule has 2 N–H and O–H groups in total. The van der Waals surface area contributed by atoms with E-state index >= 15 is 0 Å². The highest BCUT2D eigenvalue weighted by atomic mass is 16.5. The molecule has 5 nitrogen and oxygen atoms in total. The first-order valence-electron chi connectivity index (χ1n) is 6.94. The number of aromatic nitrogens is 2. The molecule has 1 aliphatic carbocycles. The molecule has 0 saturated heterocycles. The van der Waals surface area contributed by atoms with Gasteiger partial charge < -0.3 is 15.0 Å². The Bertz CT molecular complexity index is 573. The van der Waals surface area contributed by atoms with Crippen molar-refractivity contribution in [2.45, 2.75) is 37.6 Å². The lowest BCUT2D eigenvalue weighted by Crippen LogP contribution is -2.44. The van der Waals surface area contributed by atoms with Gasteiger partial charge >= 0.3 is 0 Å². The van der Waals surface area contributed by atoms with Gasteiger partial charge in [0, 0.05) is 6.42 Å². The lowest BCUT2D eigenvalue weighted by molar-refractivity contribution is 0.229. The largest absolute Gasteiger partial charge is 0.497 e. The van der Waals surface area contributed by atoms with Crippen LogP contribution >= 0.6 is 0 Å². The topological polar surface area (TPSA) is 74.2 Å². The van der Waals surface area contributed by atoms with Crippen LogP contribution in [0.1, 0.15) is 36.5 Å². The predicted octanol–water partition coefficient (Wildman–Crippen LogP) is 2.20. The van der Waals surface area contributed by atoms with Gasteiger partial charge in [-0.25, -0.2) is 0 Å². The van der Waals surface area contributed by atoms with Crippen molar-refractivity contribution in [3.05, 3.63) is 41.5 Å². The number of benzene rings is 1. The summed E-state index contributed by atoms with van der Waals surface area (Å²) in [5.74, 6) is 2.19. The van der Waals surface area contributed by atoms with Crippen molar-refractivity contribution < 1.29 is 9.26 Å². The molecule has 0 atom stereocenters. The minimum absolute atomic E-state index is 0.345. The first-order valence-corrected chi connectivity index (χ1v) is 6.94. The second-order valence-corrected chi connectivity index (χ2v) is 5.37. The third-order valence-corrected chi connectivity index (χ3v) is 3.95. The highest BCUT2D eigenvalue weighted by molar-refractivity contribution is 5.27. The number of ether oxygens (including phenoxy) is 1. The van der Waals surface area contributed by atoms with Crippen molar-refractivity contribution >= 4 is 0 Å². The molecular formula is C15H19N3O2. The van der Waals surface area contributed by atoms with Crippen LogP contribution in [0.5, 0.6) is 5.75 Å². The number of methoxy groups -OCH3 is 1. The molecule has 106 valence electrons. The van der Waals surface area contributed by atoms with Crippen LogP contribution in [-0.2, 0) is 18.4 Å². The summed E-state index contributed by atoms with van der Waals surface area (Å²) in [7, 11) is 1.66. The Balaban J connectivity index is 1.60. The normalized spacial score (nSPS) is 16.7. The Hall–Kier alpha value is -1.88. The number of hydrogen-bond donors (Lipinski definition) is 1. The van der Waals surface area contributed by atoms with Crippen LogP contribution < -0.4 is 10.5 Å². The van der Waals surface area contributed by atoms with E-state index in [0.29, 0.717) is 11.7 Å². The molecule has 1 heterocycles. The summed E-state index contributed by atoms with van der Waals surface area (Å²) in [5.41, 5.74) is 7.05. The number of hydrogen-bond acceptors (Lipinski definition) is 5. The van der Waals surface area contributed by atoms with E-state index in [0.717, 1.165) is 37.9 Å². The van der Waals surface area contributed by atoms with Gasteiger partial charge in [0.2, 0.25) is 5.89 Å². The summed E-state index contributed by atoms with van der Waals surface area (Å²) in [6.45, 7) is 0. The first-order chi connectivity index (χ1) is 9.69. The van der Waals surface area contributed by atoms with E-state index < -0.39 is 0 Å². The van der Waals surface area contributed by atoms with Gasteiger partial charge in [0.15, 0.2) is 5.82 Å². The fourth-order valence-electron chi connectivity index (χ4n) is 2.38. The van der Waals surface area contributed by atoms with Crippen molar-refractivity contribution in [3.63, 3.8) is 0 Å². The third-order valence-electron chi connectivity index (χ3n) is 3.95. The second kappa shape index (κ2) is 5.25. The zero-order chi connectivity index (χ0) is 14.0. The van der Waals surface area contributed by atoms with E-state index in [1.54, 1.807) is 7.11 Å². The Morgan fingerprint density at radius 3 is 2.60 bits per heavy atom. The lowest BCUT2D eigenvalue weighted by Gasteiger charge is -2.34. The average Bonchev–Trinajstić information content (AvgIpc) is 2.92. The van der Waals surface area contributed by atoms with Gasteiger partial charge in [-0.15, -0.1) is 0 Å². The molecule has 1 aliphatic rings. The Labute approximate surface area is 118 Å². The van der Waals surface area contributed by atoms with Crippen molar-refractivity contribution in [2.75, 3.05) is 7.11 Å². The Morgan fingerprint density at radius 1 is 1.25 bits per heavy atom. The van der Waals surface area contributed by atoms with E-state index in [4.69, 9.17) is 15.0 Å². The van der Waals surface area contributed by atoms with Crippen LogP contribution in [0.15, 0.2) is 28.8 Å². The summed E-state index contributed by atoms with van der Waals surface area (Å²) in [5, 5.41) is 4.02.